The van der Waals surface area contributed by atoms with Gasteiger partial charge in [-0.25, -0.2) is 4.98 Å². The number of fused-ring (bicyclic) bond motifs is 1. The Labute approximate surface area is 172 Å². The van der Waals surface area contributed by atoms with Crippen molar-refractivity contribution in [3.63, 3.8) is 0 Å². The zero-order valence-electron chi connectivity index (χ0n) is 15.5. The molecule has 140 valence electrons. The number of nitrogens with one attached hydrogen (secondary N) is 1. The fraction of sp³-hybridized carbons (Fsp3) is 0.130. The van der Waals surface area contributed by atoms with Crippen molar-refractivity contribution in [3.05, 3.63) is 100 Å². The van der Waals surface area contributed by atoms with Gasteiger partial charge in [0.25, 0.3) is 5.91 Å². The Morgan fingerprint density at radius 1 is 1.00 bits per heavy atom. The van der Waals surface area contributed by atoms with Gasteiger partial charge in [0, 0.05) is 16.6 Å². The van der Waals surface area contributed by atoms with Crippen molar-refractivity contribution in [1.29, 1.82) is 0 Å². The summed E-state index contributed by atoms with van der Waals surface area (Å²) in [4.78, 5) is 17.5. The largest absolute Gasteiger partial charge is 0.342 e. The third-order valence-corrected chi connectivity index (χ3v) is 5.24. The van der Waals surface area contributed by atoms with Crippen molar-refractivity contribution in [1.82, 2.24) is 14.9 Å². The van der Waals surface area contributed by atoms with E-state index in [-0.39, 0.29) is 11.9 Å². The first-order valence-corrected chi connectivity index (χ1v) is 9.96. The zero-order chi connectivity index (χ0) is 19.5. The molecule has 1 unspecified atom stereocenters. The first-order valence-electron chi connectivity index (χ1n) is 9.17. The van der Waals surface area contributed by atoms with E-state index in [0.29, 0.717) is 12.1 Å². The Morgan fingerprint density at radius 3 is 2.43 bits per heavy atom. The Bertz CT molecular complexity index is 1100. The molecular formula is C23H20BrN3O. The van der Waals surface area contributed by atoms with E-state index in [2.05, 4.69) is 44.0 Å². The van der Waals surface area contributed by atoms with Crippen LogP contribution >= 0.6 is 15.9 Å². The SMILES string of the molecule is CC(NC(=O)c1ccc(Br)cc1)c1nc2ccccc2n1Cc1ccccc1. The molecule has 0 saturated carbocycles. The highest BCUT2D eigenvalue weighted by atomic mass is 79.9. The van der Waals surface area contributed by atoms with Crippen LogP contribution in [0.25, 0.3) is 11.0 Å². The standard InChI is InChI=1S/C23H20BrN3O/c1-16(25-23(28)18-11-13-19(24)14-12-18)22-26-20-9-5-6-10-21(20)27(22)15-17-7-3-2-4-8-17/h2-14,16H,15H2,1H3,(H,25,28). The lowest BCUT2D eigenvalue weighted by atomic mass is 10.2. The number of carbonyl (C=O) groups is 1. The third-order valence-electron chi connectivity index (χ3n) is 4.71. The molecule has 0 aliphatic carbocycles. The number of amides is 1. The van der Waals surface area contributed by atoms with Crippen LogP contribution in [0.15, 0.2) is 83.3 Å². The molecule has 4 aromatic rings. The molecule has 5 heteroatoms. The lowest BCUT2D eigenvalue weighted by Gasteiger charge is -2.16. The first kappa shape index (κ1) is 18.4. The van der Waals surface area contributed by atoms with Crippen LogP contribution in [0, 0.1) is 0 Å². The van der Waals surface area contributed by atoms with Crippen LogP contribution in [0.1, 0.15) is 34.7 Å². The number of aromatic nitrogens is 2. The molecule has 1 N–H and O–H groups in total. The quantitative estimate of drug-likeness (QED) is 0.461. The number of halogens is 1. The van der Waals surface area contributed by atoms with E-state index in [1.807, 2.05) is 55.5 Å². The van der Waals surface area contributed by atoms with Crippen molar-refractivity contribution >= 4 is 32.9 Å². The smallest absolute Gasteiger partial charge is 0.251 e. The minimum absolute atomic E-state index is 0.113. The molecule has 1 aromatic heterocycles. The van der Waals surface area contributed by atoms with Crippen molar-refractivity contribution in [2.45, 2.75) is 19.5 Å². The van der Waals surface area contributed by atoms with Crippen molar-refractivity contribution in [2.24, 2.45) is 0 Å². The second kappa shape index (κ2) is 7.98. The number of hydrogen-bond donors (Lipinski definition) is 1. The van der Waals surface area contributed by atoms with Crippen molar-refractivity contribution in [3.8, 4) is 0 Å². The normalized spacial score (nSPS) is 12.1. The maximum atomic E-state index is 12.7. The minimum Gasteiger partial charge on any atom is -0.342 e. The van der Waals surface area contributed by atoms with E-state index < -0.39 is 0 Å². The number of para-hydroxylation sites is 2. The van der Waals surface area contributed by atoms with E-state index in [1.165, 1.54) is 5.56 Å². The number of carbonyl (C=O) groups excluding carboxylic acids is 1. The van der Waals surface area contributed by atoms with Crippen LogP contribution in [-0.2, 0) is 6.54 Å². The Kier molecular flexibility index (Phi) is 5.26. The Balaban J connectivity index is 1.66. The molecule has 1 amide bonds. The number of nitrogens with zero attached hydrogens (tertiary/aromatic N) is 2. The van der Waals surface area contributed by atoms with Gasteiger partial charge in [0.05, 0.1) is 17.1 Å². The van der Waals surface area contributed by atoms with Gasteiger partial charge in [-0.1, -0.05) is 58.4 Å². The number of imidazole rings is 1. The highest BCUT2D eigenvalue weighted by Crippen LogP contribution is 2.23. The van der Waals surface area contributed by atoms with Gasteiger partial charge in [-0.3, -0.25) is 4.79 Å². The zero-order valence-corrected chi connectivity index (χ0v) is 17.1. The van der Waals surface area contributed by atoms with Crippen LogP contribution in [0.3, 0.4) is 0 Å². The second-order valence-electron chi connectivity index (χ2n) is 6.73. The topological polar surface area (TPSA) is 46.9 Å². The van der Waals surface area contributed by atoms with Gasteiger partial charge in [-0.2, -0.15) is 0 Å². The molecule has 3 aromatic carbocycles. The molecule has 0 spiro atoms. The van der Waals surface area contributed by atoms with Crippen LogP contribution in [0.4, 0.5) is 0 Å². The van der Waals surface area contributed by atoms with Crippen LogP contribution in [0.5, 0.6) is 0 Å². The predicted octanol–water partition coefficient (Wildman–Crippen LogP) is 5.34. The number of rotatable bonds is 5. The van der Waals surface area contributed by atoms with E-state index >= 15 is 0 Å². The maximum absolute atomic E-state index is 12.7. The molecule has 0 aliphatic heterocycles. The monoisotopic (exact) mass is 433 g/mol. The van der Waals surface area contributed by atoms with Gasteiger partial charge in [0.2, 0.25) is 0 Å². The molecule has 4 nitrogen and oxygen atoms in total. The second-order valence-corrected chi connectivity index (χ2v) is 7.65. The number of benzene rings is 3. The molecule has 1 heterocycles. The molecule has 0 saturated heterocycles. The summed E-state index contributed by atoms with van der Waals surface area (Å²) < 4.78 is 3.12. The molecule has 0 aliphatic rings. The molecule has 0 radical (unpaired) electrons. The highest BCUT2D eigenvalue weighted by molar-refractivity contribution is 9.10. The van der Waals surface area contributed by atoms with Crippen LogP contribution in [-0.4, -0.2) is 15.5 Å². The summed E-state index contributed by atoms with van der Waals surface area (Å²) in [6, 6.07) is 25.5. The molecule has 4 rings (SSSR count). The summed E-state index contributed by atoms with van der Waals surface area (Å²) >= 11 is 3.40. The van der Waals surface area contributed by atoms with Gasteiger partial charge in [0.15, 0.2) is 0 Å². The lowest BCUT2D eigenvalue weighted by molar-refractivity contribution is 0.0937. The minimum atomic E-state index is -0.229. The summed E-state index contributed by atoms with van der Waals surface area (Å²) in [5.74, 6) is 0.730. The summed E-state index contributed by atoms with van der Waals surface area (Å²) in [5.41, 5.74) is 3.81. The summed E-state index contributed by atoms with van der Waals surface area (Å²) in [6.45, 7) is 2.68. The Morgan fingerprint density at radius 2 is 1.68 bits per heavy atom. The maximum Gasteiger partial charge on any atom is 0.251 e. The van der Waals surface area contributed by atoms with Gasteiger partial charge >= 0.3 is 0 Å². The molecule has 1 atom stereocenters. The van der Waals surface area contributed by atoms with E-state index in [9.17, 15) is 4.79 Å². The van der Waals surface area contributed by atoms with E-state index in [1.54, 1.807) is 12.1 Å². The summed E-state index contributed by atoms with van der Waals surface area (Å²) in [5, 5.41) is 3.08. The Hall–Kier alpha value is -2.92. The van der Waals surface area contributed by atoms with Gasteiger partial charge in [0.1, 0.15) is 5.82 Å². The molecule has 0 fully saturated rings. The van der Waals surface area contributed by atoms with Gasteiger partial charge in [-0.15, -0.1) is 0 Å². The average molecular weight is 434 g/mol. The van der Waals surface area contributed by atoms with Gasteiger partial charge < -0.3 is 9.88 Å². The van der Waals surface area contributed by atoms with E-state index in [4.69, 9.17) is 4.98 Å². The fourth-order valence-electron chi connectivity index (χ4n) is 3.30. The molecule has 0 bridgehead atoms. The number of hydrogen-bond acceptors (Lipinski definition) is 2. The summed E-state index contributed by atoms with van der Waals surface area (Å²) in [6.07, 6.45) is 0. The summed E-state index contributed by atoms with van der Waals surface area (Å²) in [7, 11) is 0. The lowest BCUT2D eigenvalue weighted by Crippen LogP contribution is -2.28. The third kappa shape index (κ3) is 3.85. The van der Waals surface area contributed by atoms with Gasteiger partial charge in [-0.05, 0) is 48.9 Å². The van der Waals surface area contributed by atoms with E-state index in [0.717, 1.165) is 21.3 Å². The van der Waals surface area contributed by atoms with Crippen molar-refractivity contribution in [2.75, 3.05) is 0 Å². The first-order chi connectivity index (χ1) is 13.6. The predicted molar refractivity (Wildman–Crippen MR) is 115 cm³/mol. The highest BCUT2D eigenvalue weighted by Gasteiger charge is 2.19. The molecular weight excluding hydrogens is 414 g/mol. The van der Waals surface area contributed by atoms with Crippen LogP contribution in [0.2, 0.25) is 0 Å². The van der Waals surface area contributed by atoms with Crippen LogP contribution < -0.4 is 5.32 Å². The fourth-order valence-corrected chi connectivity index (χ4v) is 3.57. The van der Waals surface area contributed by atoms with Crippen molar-refractivity contribution < 1.29 is 4.79 Å². The molecule has 28 heavy (non-hydrogen) atoms. The average Bonchev–Trinajstić information content (AvgIpc) is 3.08.